The van der Waals surface area contributed by atoms with Crippen molar-refractivity contribution in [2.24, 2.45) is 5.41 Å². The number of rotatable bonds is 9. The number of hydrogen-bond acceptors (Lipinski definition) is 6. The average molecular weight is 674 g/mol. The van der Waals surface area contributed by atoms with Crippen LogP contribution in [0.25, 0.3) is 0 Å². The van der Waals surface area contributed by atoms with Gasteiger partial charge in [-0.3, -0.25) is 9.59 Å². The minimum Gasteiger partial charge on any atom is -0.495 e. The molecule has 0 saturated carbocycles. The monoisotopic (exact) mass is 672 g/mol. The fourth-order valence-electron chi connectivity index (χ4n) is 6.06. The maximum atomic E-state index is 15.9. The lowest BCUT2D eigenvalue weighted by Crippen LogP contribution is -2.45. The summed E-state index contributed by atoms with van der Waals surface area (Å²) in [6.07, 6.45) is 0.310. The van der Waals surface area contributed by atoms with Crippen molar-refractivity contribution in [3.8, 4) is 11.8 Å². The second-order valence-corrected chi connectivity index (χ2v) is 13.5. The summed E-state index contributed by atoms with van der Waals surface area (Å²) in [6, 6.07) is 12.4. The van der Waals surface area contributed by atoms with E-state index in [2.05, 4.69) is 22.0 Å². The summed E-state index contributed by atoms with van der Waals surface area (Å²) >= 11 is 12.3. The average Bonchev–Trinajstić information content (AvgIpc) is 3.31. The first-order chi connectivity index (χ1) is 21.7. The van der Waals surface area contributed by atoms with E-state index >= 15 is 8.78 Å². The van der Waals surface area contributed by atoms with Crippen LogP contribution in [0.5, 0.6) is 5.75 Å². The van der Waals surface area contributed by atoms with Crippen molar-refractivity contribution in [3.05, 3.63) is 93.0 Å². The molecule has 1 saturated heterocycles. The highest BCUT2D eigenvalue weighted by atomic mass is 35.5. The van der Waals surface area contributed by atoms with Crippen molar-refractivity contribution in [1.82, 2.24) is 10.6 Å². The van der Waals surface area contributed by atoms with Gasteiger partial charge in [-0.1, -0.05) is 62.2 Å². The molecule has 3 aromatic carbocycles. The van der Waals surface area contributed by atoms with Gasteiger partial charge in [0.25, 0.3) is 5.91 Å². The molecule has 1 heterocycles. The zero-order valence-electron chi connectivity index (χ0n) is 26.1. The molecule has 0 bridgehead atoms. The Morgan fingerprint density at radius 1 is 1.15 bits per heavy atom. The Hall–Kier alpha value is -3.75. The van der Waals surface area contributed by atoms with Gasteiger partial charge in [-0.25, -0.2) is 8.78 Å². The van der Waals surface area contributed by atoms with Crippen LogP contribution in [0.1, 0.15) is 61.5 Å². The fourth-order valence-corrected chi connectivity index (χ4v) is 6.40. The molecule has 8 nitrogen and oxygen atoms in total. The normalized spacial score (nSPS) is 21.7. The molecule has 46 heavy (non-hydrogen) atoms. The van der Waals surface area contributed by atoms with Crippen molar-refractivity contribution < 1.29 is 28.2 Å². The van der Waals surface area contributed by atoms with Gasteiger partial charge in [0.15, 0.2) is 0 Å². The van der Waals surface area contributed by atoms with Crippen molar-refractivity contribution in [2.45, 2.75) is 63.6 Å². The molecule has 2 amide bonds. The van der Waals surface area contributed by atoms with Gasteiger partial charge in [-0.15, -0.1) is 0 Å². The summed E-state index contributed by atoms with van der Waals surface area (Å²) in [7, 11) is 1.37. The van der Waals surface area contributed by atoms with E-state index in [0.717, 1.165) is 6.07 Å². The van der Waals surface area contributed by atoms with E-state index < -0.39 is 58.3 Å². The quantitative estimate of drug-likeness (QED) is 0.210. The Labute approximate surface area is 277 Å². The SMILES string of the molecule is COc1cc(C(=O)NC(C)CO)ccc1NC(=O)[C@@H]1N[C@@H](CC(C)(C)C)[C@](C#N)(c2ccc(Cl)cc2F)[C@H]1c1cccc(Cl)c1F. The largest absolute Gasteiger partial charge is 0.495 e. The number of aliphatic hydroxyl groups is 1. The summed E-state index contributed by atoms with van der Waals surface area (Å²) in [5.41, 5.74) is -1.84. The molecule has 1 aliphatic heterocycles. The first kappa shape index (κ1) is 35.1. The number of ether oxygens (including phenoxy) is 1. The summed E-state index contributed by atoms with van der Waals surface area (Å²) in [5.74, 6) is -3.81. The third-order valence-electron chi connectivity index (χ3n) is 8.10. The van der Waals surface area contributed by atoms with Crippen LogP contribution in [0.3, 0.4) is 0 Å². The lowest BCUT2D eigenvalue weighted by atomic mass is 9.62. The Morgan fingerprint density at radius 3 is 2.48 bits per heavy atom. The Balaban J connectivity index is 1.87. The standard InChI is InChI=1S/C34H36Cl2F2N4O4/c1-18(16-43)40-31(44)19-9-12-25(26(13-19)46-5)41-32(45)30-28(21-7-6-8-23(36)29(21)38)34(17-39,27(42-30)15-33(2,3)4)22-11-10-20(35)14-24(22)37/h6-14,18,27-28,30,42-43H,15-16H2,1-5H3,(H,40,44)(H,41,45)/t18?,27-,28-,30+,34-/m0/s1. The number of carbonyl (C=O) groups is 2. The molecule has 5 atom stereocenters. The van der Waals surface area contributed by atoms with Gasteiger partial charge < -0.3 is 25.8 Å². The molecule has 1 aliphatic rings. The zero-order valence-corrected chi connectivity index (χ0v) is 27.6. The van der Waals surface area contributed by atoms with Gasteiger partial charge >= 0.3 is 0 Å². The minimum atomic E-state index is -1.79. The van der Waals surface area contributed by atoms with E-state index in [4.69, 9.17) is 27.9 Å². The fraction of sp³-hybridized carbons (Fsp3) is 0.382. The molecule has 3 aromatic rings. The molecule has 244 valence electrons. The van der Waals surface area contributed by atoms with Crippen LogP contribution in [0, 0.1) is 28.4 Å². The van der Waals surface area contributed by atoms with Gasteiger partial charge in [0.2, 0.25) is 5.91 Å². The lowest BCUT2D eigenvalue weighted by molar-refractivity contribution is -0.118. The summed E-state index contributed by atoms with van der Waals surface area (Å²) in [4.78, 5) is 26.9. The van der Waals surface area contributed by atoms with E-state index in [-0.39, 0.29) is 44.8 Å². The van der Waals surface area contributed by atoms with E-state index in [1.54, 1.807) is 6.92 Å². The number of hydrogen-bond donors (Lipinski definition) is 4. The maximum absolute atomic E-state index is 15.9. The number of halogens is 4. The Morgan fingerprint density at radius 2 is 1.87 bits per heavy atom. The van der Waals surface area contributed by atoms with Crippen molar-refractivity contribution in [2.75, 3.05) is 19.0 Å². The number of aliphatic hydroxyl groups excluding tert-OH is 1. The predicted molar refractivity (Wildman–Crippen MR) is 173 cm³/mol. The second-order valence-electron chi connectivity index (χ2n) is 12.6. The van der Waals surface area contributed by atoms with Crippen molar-refractivity contribution >= 4 is 40.7 Å². The molecule has 0 aromatic heterocycles. The molecule has 0 aliphatic carbocycles. The Bertz CT molecular complexity index is 1680. The minimum absolute atomic E-state index is 0.0362. The smallest absolute Gasteiger partial charge is 0.251 e. The Kier molecular flexibility index (Phi) is 10.6. The number of amides is 2. The molecule has 1 unspecified atom stereocenters. The van der Waals surface area contributed by atoms with E-state index in [0.29, 0.717) is 6.42 Å². The molecule has 0 radical (unpaired) electrons. The molecule has 1 fully saturated rings. The topological polar surface area (TPSA) is 123 Å². The molecule has 4 rings (SSSR count). The van der Waals surface area contributed by atoms with E-state index in [1.807, 2.05) is 20.8 Å². The van der Waals surface area contributed by atoms with Crippen LogP contribution < -0.4 is 20.7 Å². The summed E-state index contributed by atoms with van der Waals surface area (Å²) < 4.78 is 37.2. The number of carbonyl (C=O) groups excluding carboxylic acids is 2. The third-order valence-corrected chi connectivity index (χ3v) is 8.63. The van der Waals surface area contributed by atoms with E-state index in [1.165, 1.54) is 55.6 Å². The van der Waals surface area contributed by atoms with Gasteiger partial charge in [-0.05, 0) is 60.7 Å². The highest BCUT2D eigenvalue weighted by molar-refractivity contribution is 6.31. The van der Waals surface area contributed by atoms with Gasteiger partial charge in [0.1, 0.15) is 22.8 Å². The molecular formula is C34H36Cl2F2N4O4. The summed E-state index contributed by atoms with van der Waals surface area (Å²) in [5, 5.41) is 28.9. The maximum Gasteiger partial charge on any atom is 0.251 e. The first-order valence-electron chi connectivity index (χ1n) is 14.6. The van der Waals surface area contributed by atoms with Crippen molar-refractivity contribution in [1.29, 1.82) is 5.26 Å². The number of nitrogens with one attached hydrogen (secondary N) is 3. The summed E-state index contributed by atoms with van der Waals surface area (Å²) in [6.45, 7) is 7.23. The van der Waals surface area contributed by atoms with Crippen LogP contribution in [-0.4, -0.2) is 48.8 Å². The molecule has 12 heteroatoms. The highest BCUT2D eigenvalue weighted by Crippen LogP contribution is 2.53. The van der Waals surface area contributed by atoms with Gasteiger partial charge in [0.05, 0.1) is 36.5 Å². The van der Waals surface area contributed by atoms with Crippen molar-refractivity contribution in [3.63, 3.8) is 0 Å². The number of anilines is 1. The van der Waals surface area contributed by atoms with Gasteiger partial charge in [0, 0.05) is 34.2 Å². The molecular weight excluding hydrogens is 637 g/mol. The third kappa shape index (κ3) is 6.98. The molecule has 4 N–H and O–H groups in total. The molecule has 0 spiro atoms. The number of benzene rings is 3. The number of nitriles is 1. The number of methoxy groups -OCH3 is 1. The van der Waals surface area contributed by atoms with Crippen LogP contribution in [0.4, 0.5) is 14.5 Å². The van der Waals surface area contributed by atoms with E-state index in [9.17, 15) is 20.0 Å². The highest BCUT2D eigenvalue weighted by Gasteiger charge is 2.61. The second kappa shape index (κ2) is 13.9. The zero-order chi connectivity index (χ0) is 34.0. The lowest BCUT2D eigenvalue weighted by Gasteiger charge is -2.37. The van der Waals surface area contributed by atoms with Crippen LogP contribution in [0.15, 0.2) is 54.6 Å². The van der Waals surface area contributed by atoms with Crippen LogP contribution >= 0.6 is 23.2 Å². The van der Waals surface area contributed by atoms with Gasteiger partial charge in [-0.2, -0.15) is 5.26 Å². The first-order valence-corrected chi connectivity index (χ1v) is 15.4. The predicted octanol–water partition coefficient (Wildman–Crippen LogP) is 6.35. The van der Waals surface area contributed by atoms with Crippen LogP contribution in [0.2, 0.25) is 10.0 Å². The van der Waals surface area contributed by atoms with Crippen LogP contribution in [-0.2, 0) is 10.2 Å². The number of nitrogens with zero attached hydrogens (tertiary/aromatic N) is 1.